The lowest BCUT2D eigenvalue weighted by molar-refractivity contribution is 0.0641. The van der Waals surface area contributed by atoms with E-state index < -0.39 is 0 Å². The summed E-state index contributed by atoms with van der Waals surface area (Å²) in [6.07, 6.45) is 14.1. The minimum absolute atomic E-state index is 0.757. The Bertz CT molecular complexity index is 246. The van der Waals surface area contributed by atoms with Gasteiger partial charge in [0, 0.05) is 12.1 Å². The van der Waals surface area contributed by atoms with Crippen LogP contribution in [0, 0.1) is 11.8 Å². The summed E-state index contributed by atoms with van der Waals surface area (Å²) in [6.45, 7) is 3.21. The molecule has 2 rings (SSSR count). The molecule has 2 aliphatic carbocycles. The molecule has 2 unspecified atom stereocenters. The fourth-order valence-corrected chi connectivity index (χ4v) is 4.52. The van der Waals surface area contributed by atoms with Crippen molar-refractivity contribution < 1.29 is 0 Å². The molecule has 2 heteroatoms. The third kappa shape index (κ3) is 3.95. The maximum Gasteiger partial charge on any atom is 0.0135 e. The van der Waals surface area contributed by atoms with Crippen molar-refractivity contribution >= 4 is 0 Å². The van der Waals surface area contributed by atoms with Crippen LogP contribution in [0.5, 0.6) is 0 Å². The molecule has 0 aromatic carbocycles. The molecule has 2 atom stereocenters. The van der Waals surface area contributed by atoms with Gasteiger partial charge in [0.15, 0.2) is 0 Å². The van der Waals surface area contributed by atoms with Crippen LogP contribution < -0.4 is 5.73 Å². The van der Waals surface area contributed by atoms with Crippen LogP contribution >= 0.6 is 0 Å². The van der Waals surface area contributed by atoms with Gasteiger partial charge in [0.1, 0.15) is 0 Å². The number of nitrogens with zero attached hydrogens (tertiary/aromatic N) is 1. The van der Waals surface area contributed by atoms with Crippen molar-refractivity contribution in [2.45, 2.75) is 83.2 Å². The second kappa shape index (κ2) is 7.64. The van der Waals surface area contributed by atoms with Gasteiger partial charge in [-0.05, 0) is 64.0 Å². The van der Waals surface area contributed by atoms with Crippen LogP contribution in [0.3, 0.4) is 0 Å². The van der Waals surface area contributed by atoms with Crippen LogP contribution in [0.25, 0.3) is 0 Å². The molecule has 0 aromatic rings. The van der Waals surface area contributed by atoms with E-state index in [1.54, 1.807) is 0 Å². The number of hydrogen-bond acceptors (Lipinski definition) is 2. The number of rotatable bonds is 5. The van der Waals surface area contributed by atoms with Crippen LogP contribution in [0.4, 0.5) is 0 Å². The first kappa shape index (κ1) is 15.3. The molecule has 0 radical (unpaired) electrons. The fourth-order valence-electron chi connectivity index (χ4n) is 4.52. The SMILES string of the molecule is CCCC1CCC(N(C)C2CCCCC2CN)CC1. The highest BCUT2D eigenvalue weighted by molar-refractivity contribution is 4.88. The van der Waals surface area contributed by atoms with Gasteiger partial charge in [-0.15, -0.1) is 0 Å². The largest absolute Gasteiger partial charge is 0.330 e. The van der Waals surface area contributed by atoms with E-state index in [1.165, 1.54) is 64.2 Å². The highest BCUT2D eigenvalue weighted by Gasteiger charge is 2.32. The second-order valence-electron chi connectivity index (χ2n) is 6.98. The summed E-state index contributed by atoms with van der Waals surface area (Å²) in [5.74, 6) is 1.78. The smallest absolute Gasteiger partial charge is 0.0135 e. The van der Waals surface area contributed by atoms with Crippen LogP contribution in [0.1, 0.15) is 71.1 Å². The Hall–Kier alpha value is -0.0800. The maximum absolute atomic E-state index is 6.00. The molecule has 112 valence electrons. The Morgan fingerprint density at radius 2 is 1.68 bits per heavy atom. The summed E-state index contributed by atoms with van der Waals surface area (Å²) < 4.78 is 0. The lowest BCUT2D eigenvalue weighted by atomic mass is 9.79. The Morgan fingerprint density at radius 3 is 2.32 bits per heavy atom. The van der Waals surface area contributed by atoms with E-state index in [1.807, 2.05) is 0 Å². The van der Waals surface area contributed by atoms with Crippen molar-refractivity contribution in [3.05, 3.63) is 0 Å². The maximum atomic E-state index is 6.00. The van der Waals surface area contributed by atoms with Gasteiger partial charge in [-0.3, -0.25) is 0 Å². The van der Waals surface area contributed by atoms with E-state index in [9.17, 15) is 0 Å². The van der Waals surface area contributed by atoms with E-state index >= 15 is 0 Å². The van der Waals surface area contributed by atoms with Gasteiger partial charge in [0.25, 0.3) is 0 Å². The predicted octanol–water partition coefficient (Wildman–Crippen LogP) is 3.79. The number of nitrogens with two attached hydrogens (primary N) is 1. The summed E-state index contributed by atoms with van der Waals surface area (Å²) in [6, 6.07) is 1.61. The van der Waals surface area contributed by atoms with Crippen molar-refractivity contribution in [2.75, 3.05) is 13.6 Å². The Morgan fingerprint density at radius 1 is 1.00 bits per heavy atom. The molecule has 0 aromatic heterocycles. The van der Waals surface area contributed by atoms with Crippen LogP contribution in [0.15, 0.2) is 0 Å². The summed E-state index contributed by atoms with van der Waals surface area (Å²) >= 11 is 0. The molecule has 0 aliphatic heterocycles. The predicted molar refractivity (Wildman–Crippen MR) is 83.2 cm³/mol. The van der Waals surface area contributed by atoms with Gasteiger partial charge in [-0.2, -0.15) is 0 Å². The average Bonchev–Trinajstić information content (AvgIpc) is 2.47. The lowest BCUT2D eigenvalue weighted by Crippen LogP contribution is -2.48. The highest BCUT2D eigenvalue weighted by atomic mass is 15.2. The fraction of sp³-hybridized carbons (Fsp3) is 1.00. The quantitative estimate of drug-likeness (QED) is 0.820. The van der Waals surface area contributed by atoms with Crippen molar-refractivity contribution in [3.63, 3.8) is 0 Å². The van der Waals surface area contributed by atoms with Gasteiger partial charge in [-0.25, -0.2) is 0 Å². The van der Waals surface area contributed by atoms with E-state index in [4.69, 9.17) is 5.73 Å². The Balaban J connectivity index is 1.84. The molecule has 2 fully saturated rings. The van der Waals surface area contributed by atoms with E-state index in [2.05, 4.69) is 18.9 Å². The molecule has 2 nitrogen and oxygen atoms in total. The molecular weight excluding hydrogens is 232 g/mol. The van der Waals surface area contributed by atoms with Crippen molar-refractivity contribution in [3.8, 4) is 0 Å². The van der Waals surface area contributed by atoms with Crippen LogP contribution in [-0.4, -0.2) is 30.6 Å². The zero-order chi connectivity index (χ0) is 13.7. The average molecular weight is 266 g/mol. The van der Waals surface area contributed by atoms with Crippen LogP contribution in [0.2, 0.25) is 0 Å². The van der Waals surface area contributed by atoms with E-state index in [0.717, 1.165) is 30.5 Å². The van der Waals surface area contributed by atoms with Crippen molar-refractivity contribution in [2.24, 2.45) is 17.6 Å². The molecule has 2 aliphatic rings. The molecule has 0 bridgehead atoms. The first-order valence-electron chi connectivity index (χ1n) is 8.68. The normalized spacial score (nSPS) is 36.6. The van der Waals surface area contributed by atoms with Crippen molar-refractivity contribution in [1.82, 2.24) is 4.90 Å². The first-order valence-corrected chi connectivity index (χ1v) is 8.68. The van der Waals surface area contributed by atoms with E-state index in [0.29, 0.717) is 0 Å². The summed E-state index contributed by atoms with van der Waals surface area (Å²) in [4.78, 5) is 2.72. The standard InChI is InChI=1S/C17H34N2/c1-3-6-14-9-11-16(12-10-14)19(2)17-8-5-4-7-15(17)13-18/h14-17H,3-13,18H2,1-2H3. The zero-order valence-electron chi connectivity index (χ0n) is 13.1. The molecular formula is C17H34N2. The molecule has 0 saturated heterocycles. The van der Waals surface area contributed by atoms with E-state index in [-0.39, 0.29) is 0 Å². The van der Waals surface area contributed by atoms with Gasteiger partial charge in [0.05, 0.1) is 0 Å². The summed E-state index contributed by atoms with van der Waals surface area (Å²) in [5.41, 5.74) is 6.00. The third-order valence-electron chi connectivity index (χ3n) is 5.78. The topological polar surface area (TPSA) is 29.3 Å². The number of hydrogen-bond donors (Lipinski definition) is 1. The van der Waals surface area contributed by atoms with Crippen LogP contribution in [-0.2, 0) is 0 Å². The van der Waals surface area contributed by atoms with Gasteiger partial charge < -0.3 is 10.6 Å². The molecule has 0 heterocycles. The summed E-state index contributed by atoms with van der Waals surface area (Å²) in [7, 11) is 2.38. The highest BCUT2D eigenvalue weighted by Crippen LogP contribution is 2.34. The second-order valence-corrected chi connectivity index (χ2v) is 6.98. The Labute approximate surface area is 120 Å². The van der Waals surface area contributed by atoms with Gasteiger partial charge >= 0.3 is 0 Å². The first-order chi connectivity index (χ1) is 9.26. The zero-order valence-corrected chi connectivity index (χ0v) is 13.1. The van der Waals surface area contributed by atoms with Gasteiger partial charge in [-0.1, -0.05) is 32.6 Å². The summed E-state index contributed by atoms with van der Waals surface area (Å²) in [5, 5.41) is 0. The third-order valence-corrected chi connectivity index (χ3v) is 5.78. The van der Waals surface area contributed by atoms with Gasteiger partial charge in [0.2, 0.25) is 0 Å². The monoisotopic (exact) mass is 266 g/mol. The minimum Gasteiger partial charge on any atom is -0.330 e. The molecule has 19 heavy (non-hydrogen) atoms. The lowest BCUT2D eigenvalue weighted by Gasteiger charge is -2.44. The minimum atomic E-state index is 0.757. The Kier molecular flexibility index (Phi) is 6.15. The molecule has 0 amide bonds. The molecule has 2 N–H and O–H groups in total. The molecule has 2 saturated carbocycles. The molecule has 0 spiro atoms. The van der Waals surface area contributed by atoms with Crippen molar-refractivity contribution in [1.29, 1.82) is 0 Å².